The van der Waals surface area contributed by atoms with E-state index >= 15 is 0 Å². The van der Waals surface area contributed by atoms with Gasteiger partial charge in [-0.15, -0.1) is 0 Å². The van der Waals surface area contributed by atoms with Crippen molar-refractivity contribution in [1.82, 2.24) is 15.2 Å². The Morgan fingerprint density at radius 3 is 2.95 bits per heavy atom. The molecule has 0 radical (unpaired) electrons. The summed E-state index contributed by atoms with van der Waals surface area (Å²) in [7, 11) is 1.83. The first-order chi connectivity index (χ1) is 10.1. The summed E-state index contributed by atoms with van der Waals surface area (Å²) in [5.41, 5.74) is 2.33. The fourth-order valence-electron chi connectivity index (χ4n) is 2.36. The summed E-state index contributed by atoms with van der Waals surface area (Å²) in [5, 5.41) is 13.0. The third kappa shape index (κ3) is 3.83. The van der Waals surface area contributed by atoms with Crippen LogP contribution in [0.4, 0.5) is 0 Å². The highest BCUT2D eigenvalue weighted by Gasteiger charge is 2.16. The van der Waals surface area contributed by atoms with Gasteiger partial charge in [0.05, 0.1) is 12.6 Å². The third-order valence-electron chi connectivity index (χ3n) is 3.86. The molecule has 1 heterocycles. The molecular weight excluding hydrogens is 266 g/mol. The Labute approximate surface area is 125 Å². The first kappa shape index (κ1) is 15.5. The number of aromatic nitrogens is 1. The summed E-state index contributed by atoms with van der Waals surface area (Å²) in [6, 6.07) is 7.91. The van der Waals surface area contributed by atoms with Gasteiger partial charge in [-0.3, -0.25) is 9.69 Å². The highest BCUT2D eigenvalue weighted by molar-refractivity contribution is 5.83. The Bertz CT molecular complexity index is 594. The van der Waals surface area contributed by atoms with Crippen molar-refractivity contribution in [3.05, 3.63) is 36.0 Å². The van der Waals surface area contributed by atoms with Crippen LogP contribution in [0.25, 0.3) is 10.9 Å². The number of H-pyrrole nitrogens is 1. The van der Waals surface area contributed by atoms with E-state index in [-0.39, 0.29) is 18.6 Å². The first-order valence-corrected chi connectivity index (χ1v) is 7.27. The maximum atomic E-state index is 12.0. The molecule has 1 aromatic carbocycles. The predicted molar refractivity (Wildman–Crippen MR) is 84.2 cm³/mol. The van der Waals surface area contributed by atoms with E-state index in [0.717, 1.165) is 11.9 Å². The summed E-state index contributed by atoms with van der Waals surface area (Å²) in [6.45, 7) is 3.01. The van der Waals surface area contributed by atoms with Gasteiger partial charge in [0.2, 0.25) is 5.91 Å². The molecule has 0 spiro atoms. The zero-order chi connectivity index (χ0) is 15.2. The summed E-state index contributed by atoms with van der Waals surface area (Å²) < 4.78 is 0. The average Bonchev–Trinajstić information content (AvgIpc) is 2.90. The second-order valence-corrected chi connectivity index (χ2v) is 5.28. The van der Waals surface area contributed by atoms with Crippen LogP contribution in [0.2, 0.25) is 0 Å². The lowest BCUT2D eigenvalue weighted by molar-refractivity contribution is -0.125. The molecule has 21 heavy (non-hydrogen) atoms. The molecule has 0 aliphatic carbocycles. The van der Waals surface area contributed by atoms with Crippen LogP contribution in [-0.4, -0.2) is 53.7 Å². The van der Waals surface area contributed by atoms with Gasteiger partial charge in [-0.05, 0) is 32.0 Å². The molecule has 1 unspecified atom stereocenters. The molecule has 0 saturated carbocycles. The standard InChI is InChI=1S/C16H23N3O2/c1-12(19(2)9-10-20)16(21)17-8-7-13-11-18-15-6-4-3-5-14(13)15/h3-6,11-12,18,20H,7-10H2,1-2H3,(H,17,21). The number of aromatic amines is 1. The number of nitrogens with one attached hydrogen (secondary N) is 2. The van der Waals surface area contributed by atoms with Crippen molar-refractivity contribution < 1.29 is 9.90 Å². The minimum Gasteiger partial charge on any atom is -0.395 e. The fraction of sp³-hybridized carbons (Fsp3) is 0.438. The number of benzene rings is 1. The molecule has 1 aromatic heterocycles. The normalized spacial score (nSPS) is 12.8. The molecular formula is C16H23N3O2. The van der Waals surface area contributed by atoms with Gasteiger partial charge >= 0.3 is 0 Å². The molecule has 0 saturated heterocycles. The van der Waals surface area contributed by atoms with Crippen molar-refractivity contribution in [3.63, 3.8) is 0 Å². The van der Waals surface area contributed by atoms with Gasteiger partial charge in [-0.1, -0.05) is 18.2 Å². The lowest BCUT2D eigenvalue weighted by Crippen LogP contribution is -2.44. The van der Waals surface area contributed by atoms with E-state index in [4.69, 9.17) is 5.11 Å². The van der Waals surface area contributed by atoms with Crippen LogP contribution >= 0.6 is 0 Å². The van der Waals surface area contributed by atoms with Gasteiger partial charge in [0.15, 0.2) is 0 Å². The molecule has 2 aromatic rings. The van der Waals surface area contributed by atoms with Crippen molar-refractivity contribution in [2.45, 2.75) is 19.4 Å². The van der Waals surface area contributed by atoms with Crippen LogP contribution in [0.3, 0.4) is 0 Å². The highest BCUT2D eigenvalue weighted by Crippen LogP contribution is 2.17. The van der Waals surface area contributed by atoms with Crippen LogP contribution in [-0.2, 0) is 11.2 Å². The van der Waals surface area contributed by atoms with Gasteiger partial charge in [0.25, 0.3) is 0 Å². The second kappa shape index (κ2) is 7.24. The molecule has 0 bridgehead atoms. The summed E-state index contributed by atoms with van der Waals surface area (Å²) in [6.07, 6.45) is 2.80. The number of amides is 1. The molecule has 2 rings (SSSR count). The molecule has 3 N–H and O–H groups in total. The van der Waals surface area contributed by atoms with Crippen molar-refractivity contribution in [2.75, 3.05) is 26.7 Å². The number of rotatable bonds is 7. The van der Waals surface area contributed by atoms with Crippen molar-refractivity contribution in [1.29, 1.82) is 0 Å². The lowest BCUT2D eigenvalue weighted by Gasteiger charge is -2.22. The van der Waals surface area contributed by atoms with Crippen molar-refractivity contribution >= 4 is 16.8 Å². The molecule has 0 aliphatic heterocycles. The number of para-hydroxylation sites is 1. The predicted octanol–water partition coefficient (Wildman–Crippen LogP) is 1.14. The quantitative estimate of drug-likeness (QED) is 0.716. The summed E-state index contributed by atoms with van der Waals surface area (Å²) >= 11 is 0. The number of nitrogens with zero attached hydrogens (tertiary/aromatic N) is 1. The number of aliphatic hydroxyl groups excluding tert-OH is 1. The topological polar surface area (TPSA) is 68.4 Å². The van der Waals surface area contributed by atoms with Crippen LogP contribution < -0.4 is 5.32 Å². The minimum atomic E-state index is -0.236. The molecule has 1 amide bonds. The van der Waals surface area contributed by atoms with Gasteiger partial charge in [0, 0.05) is 30.2 Å². The van der Waals surface area contributed by atoms with Crippen LogP contribution in [0.5, 0.6) is 0 Å². The van der Waals surface area contributed by atoms with Gasteiger partial charge in [-0.25, -0.2) is 0 Å². The van der Waals surface area contributed by atoms with E-state index in [1.807, 2.05) is 43.3 Å². The third-order valence-corrected chi connectivity index (χ3v) is 3.86. The van der Waals surface area contributed by atoms with E-state index in [9.17, 15) is 4.79 Å². The Hall–Kier alpha value is -1.85. The van der Waals surface area contributed by atoms with E-state index in [2.05, 4.69) is 16.4 Å². The Kier molecular flexibility index (Phi) is 5.36. The van der Waals surface area contributed by atoms with Gasteiger partial charge in [0.1, 0.15) is 0 Å². The number of aliphatic hydroxyl groups is 1. The Morgan fingerprint density at radius 1 is 1.43 bits per heavy atom. The van der Waals surface area contributed by atoms with Crippen LogP contribution in [0, 0.1) is 0 Å². The van der Waals surface area contributed by atoms with Gasteiger partial charge < -0.3 is 15.4 Å². The fourth-order valence-corrected chi connectivity index (χ4v) is 2.36. The maximum Gasteiger partial charge on any atom is 0.237 e. The number of hydrogen-bond acceptors (Lipinski definition) is 3. The Balaban J connectivity index is 1.85. The largest absolute Gasteiger partial charge is 0.395 e. The second-order valence-electron chi connectivity index (χ2n) is 5.28. The zero-order valence-electron chi connectivity index (χ0n) is 12.6. The minimum absolute atomic E-state index is 0.00853. The number of likely N-dealkylation sites (N-methyl/N-ethyl adjacent to an activating group) is 1. The van der Waals surface area contributed by atoms with Crippen LogP contribution in [0.15, 0.2) is 30.5 Å². The molecule has 1 atom stereocenters. The van der Waals surface area contributed by atoms with Gasteiger partial charge in [-0.2, -0.15) is 0 Å². The van der Waals surface area contributed by atoms with E-state index in [1.165, 1.54) is 10.9 Å². The Morgan fingerprint density at radius 2 is 2.19 bits per heavy atom. The average molecular weight is 289 g/mol. The van der Waals surface area contributed by atoms with Crippen molar-refractivity contribution in [2.24, 2.45) is 0 Å². The zero-order valence-corrected chi connectivity index (χ0v) is 12.6. The van der Waals surface area contributed by atoms with Crippen LogP contribution in [0.1, 0.15) is 12.5 Å². The SMILES string of the molecule is CC(C(=O)NCCc1c[nH]c2ccccc12)N(C)CCO. The maximum absolute atomic E-state index is 12.0. The molecule has 5 nitrogen and oxygen atoms in total. The van der Waals surface area contributed by atoms with E-state index in [0.29, 0.717) is 13.1 Å². The smallest absolute Gasteiger partial charge is 0.237 e. The number of carbonyl (C=O) groups is 1. The van der Waals surface area contributed by atoms with Crippen molar-refractivity contribution in [3.8, 4) is 0 Å². The van der Waals surface area contributed by atoms with E-state index < -0.39 is 0 Å². The molecule has 5 heteroatoms. The summed E-state index contributed by atoms with van der Waals surface area (Å²) in [4.78, 5) is 17.1. The summed E-state index contributed by atoms with van der Waals surface area (Å²) in [5.74, 6) is -0.00853. The lowest BCUT2D eigenvalue weighted by atomic mass is 10.1. The number of hydrogen-bond donors (Lipinski definition) is 3. The number of fused-ring (bicyclic) bond motifs is 1. The monoisotopic (exact) mass is 289 g/mol. The van der Waals surface area contributed by atoms with E-state index in [1.54, 1.807) is 0 Å². The molecule has 0 aliphatic rings. The highest BCUT2D eigenvalue weighted by atomic mass is 16.3. The molecule has 114 valence electrons. The molecule has 0 fully saturated rings. The first-order valence-electron chi connectivity index (χ1n) is 7.27. The number of carbonyl (C=O) groups excluding carboxylic acids is 1.